The van der Waals surface area contributed by atoms with Crippen molar-refractivity contribution < 1.29 is 13.2 Å². The van der Waals surface area contributed by atoms with Gasteiger partial charge in [0.25, 0.3) is 0 Å². The number of ether oxygens (including phenoxy) is 1. The summed E-state index contributed by atoms with van der Waals surface area (Å²) >= 11 is 0. The van der Waals surface area contributed by atoms with Crippen LogP contribution in [0.15, 0.2) is 0 Å². The predicted octanol–water partition coefficient (Wildman–Crippen LogP) is 0.578. The number of hydrogen-bond acceptors (Lipinski definition) is 4. The third kappa shape index (κ3) is 4.49. The van der Waals surface area contributed by atoms with Gasteiger partial charge in [-0.05, 0) is 26.7 Å². The Labute approximate surface area is 92.3 Å². The van der Waals surface area contributed by atoms with Crippen LogP contribution >= 0.6 is 0 Å². The van der Waals surface area contributed by atoms with Crippen LogP contribution < -0.4 is 5.32 Å². The SMILES string of the molecule is CC(C)OCCNCC1CCCS1(=O)=O. The number of hydrogen-bond donors (Lipinski definition) is 1. The van der Waals surface area contributed by atoms with Gasteiger partial charge in [-0.15, -0.1) is 0 Å². The van der Waals surface area contributed by atoms with Crippen LogP contribution in [-0.4, -0.2) is 45.2 Å². The Morgan fingerprint density at radius 1 is 1.47 bits per heavy atom. The lowest BCUT2D eigenvalue weighted by Crippen LogP contribution is -2.32. The minimum absolute atomic E-state index is 0.170. The van der Waals surface area contributed by atoms with Gasteiger partial charge in [0.2, 0.25) is 0 Å². The molecule has 0 bridgehead atoms. The summed E-state index contributed by atoms with van der Waals surface area (Å²) in [5, 5.41) is 2.96. The van der Waals surface area contributed by atoms with Gasteiger partial charge >= 0.3 is 0 Å². The Morgan fingerprint density at radius 2 is 2.20 bits per heavy atom. The van der Waals surface area contributed by atoms with Crippen LogP contribution in [0.1, 0.15) is 26.7 Å². The molecule has 1 rings (SSSR count). The van der Waals surface area contributed by atoms with Crippen molar-refractivity contribution in [1.29, 1.82) is 0 Å². The van der Waals surface area contributed by atoms with Crippen LogP contribution in [-0.2, 0) is 14.6 Å². The van der Waals surface area contributed by atoms with Crippen LogP contribution in [0, 0.1) is 0 Å². The summed E-state index contributed by atoms with van der Waals surface area (Å²) in [6, 6.07) is 0. The predicted molar refractivity (Wildman–Crippen MR) is 60.8 cm³/mol. The zero-order valence-electron chi connectivity index (χ0n) is 9.53. The maximum Gasteiger partial charge on any atom is 0.154 e. The first kappa shape index (κ1) is 12.9. The summed E-state index contributed by atoms with van der Waals surface area (Å²) in [4.78, 5) is 0. The van der Waals surface area contributed by atoms with Crippen LogP contribution in [0.4, 0.5) is 0 Å². The fourth-order valence-electron chi connectivity index (χ4n) is 1.72. The fourth-order valence-corrected chi connectivity index (χ4v) is 3.52. The van der Waals surface area contributed by atoms with Crippen LogP contribution in [0.3, 0.4) is 0 Å². The first-order valence-corrected chi connectivity index (χ1v) is 7.28. The second kappa shape index (κ2) is 5.82. The maximum atomic E-state index is 11.5. The normalized spacial score (nSPS) is 24.9. The highest BCUT2D eigenvalue weighted by molar-refractivity contribution is 7.92. The van der Waals surface area contributed by atoms with E-state index >= 15 is 0 Å². The lowest BCUT2D eigenvalue weighted by atomic mass is 10.2. The monoisotopic (exact) mass is 235 g/mol. The first-order valence-electron chi connectivity index (χ1n) is 5.56. The topological polar surface area (TPSA) is 55.4 Å². The first-order chi connectivity index (χ1) is 7.02. The van der Waals surface area contributed by atoms with Gasteiger partial charge < -0.3 is 10.1 Å². The molecular weight excluding hydrogens is 214 g/mol. The van der Waals surface area contributed by atoms with E-state index in [-0.39, 0.29) is 11.4 Å². The standard InChI is InChI=1S/C10H21NO3S/c1-9(2)14-6-5-11-8-10-4-3-7-15(10,12)13/h9-11H,3-8H2,1-2H3. The molecular formula is C10H21NO3S. The van der Waals surface area contributed by atoms with Crippen molar-refractivity contribution in [2.75, 3.05) is 25.4 Å². The van der Waals surface area contributed by atoms with E-state index in [1.807, 2.05) is 13.8 Å². The molecule has 1 aliphatic rings. The summed E-state index contributed by atoms with van der Waals surface area (Å²) in [5.41, 5.74) is 0. The van der Waals surface area contributed by atoms with Crippen molar-refractivity contribution >= 4 is 9.84 Å². The van der Waals surface area contributed by atoms with Crippen molar-refractivity contribution in [2.45, 2.75) is 38.0 Å². The Kier molecular flexibility index (Phi) is 5.02. The minimum Gasteiger partial charge on any atom is -0.377 e. The summed E-state index contributed by atoms with van der Waals surface area (Å²) in [7, 11) is -2.79. The van der Waals surface area contributed by atoms with E-state index in [4.69, 9.17) is 4.74 Å². The molecule has 4 nitrogen and oxygen atoms in total. The third-order valence-corrected chi connectivity index (χ3v) is 4.84. The van der Waals surface area contributed by atoms with E-state index in [2.05, 4.69) is 5.32 Å². The Hall–Kier alpha value is -0.130. The van der Waals surface area contributed by atoms with Gasteiger partial charge in [-0.1, -0.05) is 0 Å². The van der Waals surface area contributed by atoms with E-state index in [9.17, 15) is 8.42 Å². The van der Waals surface area contributed by atoms with Crippen molar-refractivity contribution in [2.24, 2.45) is 0 Å². The summed E-state index contributed by atoms with van der Waals surface area (Å²) in [6.45, 7) is 5.92. The molecule has 0 aromatic rings. The molecule has 5 heteroatoms. The van der Waals surface area contributed by atoms with Crippen molar-refractivity contribution in [3.8, 4) is 0 Å². The minimum atomic E-state index is -2.79. The van der Waals surface area contributed by atoms with Gasteiger partial charge in [-0.3, -0.25) is 0 Å². The highest BCUT2D eigenvalue weighted by atomic mass is 32.2. The van der Waals surface area contributed by atoms with E-state index in [0.29, 0.717) is 18.9 Å². The van der Waals surface area contributed by atoms with Crippen molar-refractivity contribution in [3.05, 3.63) is 0 Å². The highest BCUT2D eigenvalue weighted by Crippen LogP contribution is 2.18. The zero-order valence-corrected chi connectivity index (χ0v) is 10.3. The summed E-state index contributed by atoms with van der Waals surface area (Å²) in [6.07, 6.45) is 1.86. The molecule has 0 saturated carbocycles. The lowest BCUT2D eigenvalue weighted by Gasteiger charge is -2.11. The van der Waals surface area contributed by atoms with Gasteiger partial charge in [-0.2, -0.15) is 0 Å². The molecule has 1 aliphatic heterocycles. The van der Waals surface area contributed by atoms with Crippen LogP contribution in [0.5, 0.6) is 0 Å². The fraction of sp³-hybridized carbons (Fsp3) is 1.00. The molecule has 1 saturated heterocycles. The molecule has 1 N–H and O–H groups in total. The average Bonchev–Trinajstić information content (AvgIpc) is 2.44. The molecule has 0 amide bonds. The van der Waals surface area contributed by atoms with Crippen molar-refractivity contribution in [3.63, 3.8) is 0 Å². The molecule has 90 valence electrons. The quantitative estimate of drug-likeness (QED) is 0.684. The molecule has 1 atom stereocenters. The molecule has 0 aromatic carbocycles. The molecule has 1 fully saturated rings. The number of rotatable bonds is 6. The van der Waals surface area contributed by atoms with Gasteiger partial charge in [0.1, 0.15) is 0 Å². The van der Waals surface area contributed by atoms with Gasteiger partial charge in [0, 0.05) is 13.1 Å². The molecule has 0 radical (unpaired) electrons. The Morgan fingerprint density at radius 3 is 2.73 bits per heavy atom. The van der Waals surface area contributed by atoms with Crippen molar-refractivity contribution in [1.82, 2.24) is 5.32 Å². The van der Waals surface area contributed by atoms with E-state index in [0.717, 1.165) is 19.4 Å². The molecule has 0 spiro atoms. The molecule has 0 aliphatic carbocycles. The second-order valence-corrected chi connectivity index (χ2v) is 6.66. The smallest absolute Gasteiger partial charge is 0.154 e. The van der Waals surface area contributed by atoms with E-state index in [1.54, 1.807) is 0 Å². The average molecular weight is 235 g/mol. The second-order valence-electron chi connectivity index (χ2n) is 4.25. The molecule has 1 heterocycles. The van der Waals surface area contributed by atoms with E-state index < -0.39 is 9.84 Å². The Bertz CT molecular complexity index is 274. The zero-order chi connectivity index (χ0) is 11.3. The molecule has 15 heavy (non-hydrogen) atoms. The lowest BCUT2D eigenvalue weighted by molar-refractivity contribution is 0.0809. The van der Waals surface area contributed by atoms with Crippen LogP contribution in [0.25, 0.3) is 0 Å². The number of nitrogens with one attached hydrogen (secondary N) is 1. The Balaban J connectivity index is 2.10. The van der Waals surface area contributed by atoms with Crippen LogP contribution in [0.2, 0.25) is 0 Å². The number of sulfone groups is 1. The van der Waals surface area contributed by atoms with Gasteiger partial charge in [-0.25, -0.2) is 8.42 Å². The maximum absolute atomic E-state index is 11.5. The summed E-state index contributed by atoms with van der Waals surface area (Å²) < 4.78 is 28.3. The molecule has 0 aromatic heterocycles. The van der Waals surface area contributed by atoms with Gasteiger partial charge in [0.05, 0.1) is 23.7 Å². The highest BCUT2D eigenvalue weighted by Gasteiger charge is 2.30. The summed E-state index contributed by atoms with van der Waals surface area (Å²) in [5.74, 6) is 0.363. The van der Waals surface area contributed by atoms with Gasteiger partial charge in [0.15, 0.2) is 9.84 Å². The molecule has 1 unspecified atom stereocenters. The largest absolute Gasteiger partial charge is 0.377 e. The van der Waals surface area contributed by atoms with E-state index in [1.165, 1.54) is 0 Å². The third-order valence-electron chi connectivity index (χ3n) is 2.56.